The summed E-state index contributed by atoms with van der Waals surface area (Å²) in [6.07, 6.45) is 1.35. The fourth-order valence-corrected chi connectivity index (χ4v) is 2.47. The zero-order valence-electron chi connectivity index (χ0n) is 13.8. The van der Waals surface area contributed by atoms with Gasteiger partial charge >= 0.3 is 6.09 Å². The molecule has 1 aromatic rings. The first-order chi connectivity index (χ1) is 11.5. The number of carbonyl (C=O) groups is 2. The van der Waals surface area contributed by atoms with Gasteiger partial charge in [0.15, 0.2) is 0 Å². The molecule has 2 amide bonds. The first-order valence-electron chi connectivity index (χ1n) is 8.05. The molecule has 1 aromatic carbocycles. The number of nitrogens with two attached hydrogens (primary N) is 1. The molecule has 7 heteroatoms. The van der Waals surface area contributed by atoms with E-state index in [2.05, 4.69) is 0 Å². The van der Waals surface area contributed by atoms with Crippen LogP contribution in [-0.4, -0.2) is 42.7 Å². The maximum absolute atomic E-state index is 13.2. The zero-order valence-corrected chi connectivity index (χ0v) is 13.8. The van der Waals surface area contributed by atoms with Crippen molar-refractivity contribution in [2.75, 3.05) is 19.8 Å². The van der Waals surface area contributed by atoms with Crippen LogP contribution in [0, 0.1) is 12.7 Å². The Morgan fingerprint density at radius 2 is 2.25 bits per heavy atom. The molecule has 1 atom stereocenters. The molecule has 1 fully saturated rings. The Bertz CT molecular complexity index is 594. The van der Waals surface area contributed by atoms with Gasteiger partial charge in [-0.15, -0.1) is 0 Å². The van der Waals surface area contributed by atoms with Gasteiger partial charge in [0.1, 0.15) is 12.4 Å². The number of benzene rings is 1. The molecule has 0 radical (unpaired) electrons. The summed E-state index contributed by atoms with van der Waals surface area (Å²) < 4.78 is 23.4. The maximum Gasteiger partial charge on any atom is 0.416 e. The van der Waals surface area contributed by atoms with Crippen LogP contribution in [0.3, 0.4) is 0 Å². The van der Waals surface area contributed by atoms with Gasteiger partial charge in [-0.2, -0.15) is 0 Å². The van der Waals surface area contributed by atoms with Crippen LogP contribution in [0.2, 0.25) is 0 Å². The molecule has 24 heavy (non-hydrogen) atoms. The average molecular weight is 338 g/mol. The van der Waals surface area contributed by atoms with Gasteiger partial charge in [0, 0.05) is 6.61 Å². The van der Waals surface area contributed by atoms with Crippen molar-refractivity contribution in [3.63, 3.8) is 0 Å². The van der Waals surface area contributed by atoms with E-state index in [1.807, 2.05) is 0 Å². The fraction of sp³-hybridized carbons (Fsp3) is 0.529. The molecule has 1 aliphatic heterocycles. The lowest BCUT2D eigenvalue weighted by atomic mass is 10.1. The van der Waals surface area contributed by atoms with Crippen LogP contribution in [0.5, 0.6) is 0 Å². The molecular weight excluding hydrogens is 315 g/mol. The number of hydrogen-bond acceptors (Lipinski definition) is 5. The number of halogens is 1. The Morgan fingerprint density at radius 1 is 1.46 bits per heavy atom. The number of rotatable bonds is 8. The summed E-state index contributed by atoms with van der Waals surface area (Å²) in [5.41, 5.74) is 7.34. The molecule has 0 aliphatic carbocycles. The van der Waals surface area contributed by atoms with Crippen molar-refractivity contribution in [2.45, 2.75) is 38.8 Å². The van der Waals surface area contributed by atoms with Crippen molar-refractivity contribution in [1.82, 2.24) is 4.90 Å². The second-order valence-electron chi connectivity index (χ2n) is 5.84. The van der Waals surface area contributed by atoms with Crippen LogP contribution in [0.4, 0.5) is 9.18 Å². The first kappa shape index (κ1) is 18.4. The number of nitrogens with zero attached hydrogens (tertiary/aromatic N) is 1. The minimum atomic E-state index is -0.699. The Kier molecular flexibility index (Phi) is 6.69. The van der Waals surface area contributed by atoms with Crippen molar-refractivity contribution in [2.24, 2.45) is 5.73 Å². The summed E-state index contributed by atoms with van der Waals surface area (Å²) in [6.45, 7) is 3.17. The third-order valence-electron chi connectivity index (χ3n) is 3.89. The van der Waals surface area contributed by atoms with E-state index >= 15 is 0 Å². The van der Waals surface area contributed by atoms with Crippen molar-refractivity contribution in [1.29, 1.82) is 0 Å². The Labute approximate surface area is 140 Å². The summed E-state index contributed by atoms with van der Waals surface area (Å²) in [5.74, 6) is -0.612. The largest absolute Gasteiger partial charge is 0.447 e. The monoisotopic (exact) mass is 338 g/mol. The Hall–Kier alpha value is -1.99. The lowest BCUT2D eigenvalue weighted by Crippen LogP contribution is -2.44. The van der Waals surface area contributed by atoms with E-state index < -0.39 is 12.1 Å². The molecule has 1 aliphatic rings. The summed E-state index contributed by atoms with van der Waals surface area (Å²) in [4.78, 5) is 24.3. The molecular formula is C17H23FN2O4. The number of ether oxygens (including phenoxy) is 2. The summed E-state index contributed by atoms with van der Waals surface area (Å²) in [6, 6.07) is 4.20. The van der Waals surface area contributed by atoms with Crippen LogP contribution in [0.1, 0.15) is 30.4 Å². The standard InChI is InChI=1S/C17H23FN2O4/c1-12-10-13(5-6-14(12)18)11-23-8-3-2-4-15(19)16(21)20-7-9-24-17(20)22/h5-6,10,15H,2-4,7-9,11,19H2,1H3. The van der Waals surface area contributed by atoms with E-state index in [0.29, 0.717) is 25.2 Å². The number of unbranched alkanes of at least 4 members (excludes halogenated alkanes) is 1. The van der Waals surface area contributed by atoms with E-state index in [9.17, 15) is 14.0 Å². The van der Waals surface area contributed by atoms with E-state index in [4.69, 9.17) is 15.2 Å². The highest BCUT2D eigenvalue weighted by atomic mass is 19.1. The number of hydrogen-bond donors (Lipinski definition) is 1. The highest BCUT2D eigenvalue weighted by Gasteiger charge is 2.31. The number of cyclic esters (lactones) is 1. The van der Waals surface area contributed by atoms with Gasteiger partial charge in [-0.1, -0.05) is 12.1 Å². The molecule has 1 heterocycles. The molecule has 0 aromatic heterocycles. The Balaban J connectivity index is 1.60. The minimum Gasteiger partial charge on any atom is -0.447 e. The second-order valence-corrected chi connectivity index (χ2v) is 5.84. The summed E-state index contributed by atoms with van der Waals surface area (Å²) >= 11 is 0. The van der Waals surface area contributed by atoms with Gasteiger partial charge in [0.2, 0.25) is 5.91 Å². The van der Waals surface area contributed by atoms with Gasteiger partial charge in [-0.3, -0.25) is 4.79 Å². The topological polar surface area (TPSA) is 81.9 Å². The molecule has 2 rings (SSSR count). The predicted octanol–water partition coefficient (Wildman–Crippen LogP) is 2.13. The number of amides is 2. The average Bonchev–Trinajstić information content (AvgIpc) is 2.99. The minimum absolute atomic E-state index is 0.223. The lowest BCUT2D eigenvalue weighted by Gasteiger charge is -2.16. The van der Waals surface area contributed by atoms with E-state index in [1.165, 1.54) is 6.07 Å². The number of carbonyl (C=O) groups excluding carboxylic acids is 2. The number of aryl methyl sites for hydroxylation is 1. The molecule has 0 spiro atoms. The fourth-order valence-electron chi connectivity index (χ4n) is 2.47. The zero-order chi connectivity index (χ0) is 17.5. The maximum atomic E-state index is 13.2. The highest BCUT2D eigenvalue weighted by Crippen LogP contribution is 2.11. The highest BCUT2D eigenvalue weighted by molar-refractivity contribution is 5.95. The quantitative estimate of drug-likeness (QED) is 0.734. The molecule has 0 saturated carbocycles. The van der Waals surface area contributed by atoms with Crippen LogP contribution in [-0.2, 0) is 20.9 Å². The van der Waals surface area contributed by atoms with Gasteiger partial charge in [0.05, 0.1) is 19.2 Å². The van der Waals surface area contributed by atoms with E-state index in [-0.39, 0.29) is 24.9 Å². The van der Waals surface area contributed by atoms with E-state index in [0.717, 1.165) is 23.3 Å². The van der Waals surface area contributed by atoms with Crippen molar-refractivity contribution >= 4 is 12.0 Å². The van der Waals surface area contributed by atoms with Crippen LogP contribution >= 0.6 is 0 Å². The third kappa shape index (κ3) is 5.01. The first-order valence-corrected chi connectivity index (χ1v) is 8.05. The molecule has 1 unspecified atom stereocenters. The number of imide groups is 1. The summed E-state index contributed by atoms with van der Waals surface area (Å²) in [5, 5.41) is 0. The van der Waals surface area contributed by atoms with Gasteiger partial charge in [-0.25, -0.2) is 14.1 Å². The predicted molar refractivity (Wildman–Crippen MR) is 85.7 cm³/mol. The Morgan fingerprint density at radius 3 is 2.92 bits per heavy atom. The molecule has 0 bridgehead atoms. The molecule has 1 saturated heterocycles. The van der Waals surface area contributed by atoms with Crippen LogP contribution < -0.4 is 5.73 Å². The molecule has 132 valence electrons. The smallest absolute Gasteiger partial charge is 0.416 e. The van der Waals surface area contributed by atoms with E-state index in [1.54, 1.807) is 19.1 Å². The van der Waals surface area contributed by atoms with Crippen molar-refractivity contribution in [3.05, 3.63) is 35.1 Å². The van der Waals surface area contributed by atoms with Gasteiger partial charge in [-0.05, 0) is 43.4 Å². The second kappa shape index (κ2) is 8.75. The van der Waals surface area contributed by atoms with Gasteiger partial charge in [0.25, 0.3) is 0 Å². The molecule has 2 N–H and O–H groups in total. The molecule has 6 nitrogen and oxygen atoms in total. The van der Waals surface area contributed by atoms with Crippen molar-refractivity contribution in [3.8, 4) is 0 Å². The SMILES string of the molecule is Cc1cc(COCCCCC(N)C(=O)N2CCOC2=O)ccc1F. The summed E-state index contributed by atoms with van der Waals surface area (Å²) in [7, 11) is 0. The lowest BCUT2D eigenvalue weighted by molar-refractivity contribution is -0.129. The van der Waals surface area contributed by atoms with Crippen molar-refractivity contribution < 1.29 is 23.5 Å². The van der Waals surface area contributed by atoms with Crippen LogP contribution in [0.25, 0.3) is 0 Å². The van der Waals surface area contributed by atoms with Gasteiger partial charge < -0.3 is 15.2 Å². The van der Waals surface area contributed by atoms with Crippen LogP contribution in [0.15, 0.2) is 18.2 Å². The normalized spacial score (nSPS) is 15.5. The third-order valence-corrected chi connectivity index (χ3v) is 3.89.